The van der Waals surface area contributed by atoms with Gasteiger partial charge >= 0.3 is 0 Å². The highest BCUT2D eigenvalue weighted by molar-refractivity contribution is 5.99. The SMILES string of the molecule is c1ccc(-c2ccc3c(c2)-c2ccc4c(c2C3)-c2ccccc2C42c3ccccc3-c3ccccc32)cc1. The minimum absolute atomic E-state index is 0.266. The number of benzene rings is 6. The first-order valence-electron chi connectivity index (χ1n) is 13.5. The maximum atomic E-state index is 2.44. The van der Waals surface area contributed by atoms with Gasteiger partial charge in [-0.2, -0.15) is 0 Å². The molecule has 0 fully saturated rings. The molecular weight excluding hydrogens is 456 g/mol. The Bertz CT molecular complexity index is 1890. The van der Waals surface area contributed by atoms with Crippen LogP contribution in [0.15, 0.2) is 133 Å². The number of fused-ring (bicyclic) bond motifs is 14. The monoisotopic (exact) mass is 480 g/mol. The summed E-state index contributed by atoms with van der Waals surface area (Å²) >= 11 is 0. The van der Waals surface area contributed by atoms with Gasteiger partial charge in [-0.1, -0.05) is 127 Å². The average molecular weight is 481 g/mol. The van der Waals surface area contributed by atoms with Crippen LogP contribution >= 0.6 is 0 Å². The van der Waals surface area contributed by atoms with Gasteiger partial charge < -0.3 is 0 Å². The smallest absolute Gasteiger partial charge is 0.0622 e. The highest BCUT2D eigenvalue weighted by Crippen LogP contribution is 2.64. The van der Waals surface area contributed by atoms with E-state index in [1.807, 2.05) is 0 Å². The Labute approximate surface area is 222 Å². The second-order valence-corrected chi connectivity index (χ2v) is 10.8. The molecule has 6 aromatic carbocycles. The van der Waals surface area contributed by atoms with E-state index in [-0.39, 0.29) is 5.41 Å². The lowest BCUT2D eigenvalue weighted by molar-refractivity contribution is 0.793. The van der Waals surface area contributed by atoms with Gasteiger partial charge in [0.15, 0.2) is 0 Å². The summed E-state index contributed by atoms with van der Waals surface area (Å²) in [7, 11) is 0. The molecule has 0 saturated carbocycles. The molecule has 0 heteroatoms. The van der Waals surface area contributed by atoms with Gasteiger partial charge in [0.2, 0.25) is 0 Å². The Hall–Kier alpha value is -4.68. The normalized spacial score (nSPS) is 14.4. The summed E-state index contributed by atoms with van der Waals surface area (Å²) in [6.07, 6.45) is 0.983. The first-order chi connectivity index (χ1) is 18.9. The first kappa shape index (κ1) is 20.4. The van der Waals surface area contributed by atoms with Crippen molar-refractivity contribution in [3.8, 4) is 44.5 Å². The quantitative estimate of drug-likeness (QED) is 0.220. The molecule has 0 aromatic heterocycles. The third-order valence-electron chi connectivity index (χ3n) is 9.14. The fourth-order valence-corrected chi connectivity index (χ4v) is 7.67. The van der Waals surface area contributed by atoms with E-state index in [4.69, 9.17) is 0 Å². The zero-order chi connectivity index (χ0) is 24.8. The molecule has 0 saturated heterocycles. The van der Waals surface area contributed by atoms with Crippen molar-refractivity contribution in [1.29, 1.82) is 0 Å². The predicted octanol–water partition coefficient (Wildman–Crippen LogP) is 9.27. The lowest BCUT2D eigenvalue weighted by atomic mass is 9.70. The van der Waals surface area contributed by atoms with E-state index in [9.17, 15) is 0 Å². The highest BCUT2D eigenvalue weighted by atomic mass is 14.5. The van der Waals surface area contributed by atoms with Gasteiger partial charge in [0.05, 0.1) is 5.41 Å². The summed E-state index contributed by atoms with van der Waals surface area (Å²) in [5.41, 5.74) is 19.2. The predicted molar refractivity (Wildman–Crippen MR) is 156 cm³/mol. The van der Waals surface area contributed by atoms with Crippen molar-refractivity contribution in [2.24, 2.45) is 0 Å². The zero-order valence-electron chi connectivity index (χ0n) is 20.9. The van der Waals surface area contributed by atoms with Crippen LogP contribution in [-0.4, -0.2) is 0 Å². The van der Waals surface area contributed by atoms with Crippen molar-refractivity contribution < 1.29 is 0 Å². The molecule has 0 amide bonds. The van der Waals surface area contributed by atoms with Gasteiger partial charge in [-0.05, 0) is 90.4 Å². The number of hydrogen-bond acceptors (Lipinski definition) is 0. The lowest BCUT2D eigenvalue weighted by Gasteiger charge is -2.30. The van der Waals surface area contributed by atoms with E-state index in [0.29, 0.717) is 0 Å². The lowest BCUT2D eigenvalue weighted by Crippen LogP contribution is -2.25. The minimum Gasteiger partial charge on any atom is -0.0622 e. The van der Waals surface area contributed by atoms with Crippen molar-refractivity contribution in [3.63, 3.8) is 0 Å². The molecule has 3 aliphatic rings. The van der Waals surface area contributed by atoms with Gasteiger partial charge in [0, 0.05) is 0 Å². The molecule has 0 bridgehead atoms. The number of hydrogen-bond donors (Lipinski definition) is 0. The van der Waals surface area contributed by atoms with Gasteiger partial charge in [0.25, 0.3) is 0 Å². The van der Waals surface area contributed by atoms with Crippen molar-refractivity contribution in [2.75, 3.05) is 0 Å². The Morgan fingerprint density at radius 3 is 1.71 bits per heavy atom. The van der Waals surface area contributed by atoms with E-state index < -0.39 is 0 Å². The van der Waals surface area contributed by atoms with E-state index in [1.165, 1.54) is 77.9 Å². The molecule has 3 aliphatic carbocycles. The zero-order valence-corrected chi connectivity index (χ0v) is 20.9. The van der Waals surface area contributed by atoms with E-state index in [2.05, 4.69) is 133 Å². The van der Waals surface area contributed by atoms with Crippen molar-refractivity contribution in [1.82, 2.24) is 0 Å². The second kappa shape index (κ2) is 7.21. The molecule has 0 nitrogen and oxygen atoms in total. The third-order valence-corrected chi connectivity index (χ3v) is 9.14. The largest absolute Gasteiger partial charge is 0.0725 e. The Kier molecular flexibility index (Phi) is 3.87. The maximum Gasteiger partial charge on any atom is 0.0725 e. The molecule has 9 rings (SSSR count). The molecule has 0 unspecified atom stereocenters. The van der Waals surface area contributed by atoms with Crippen LogP contribution in [0.4, 0.5) is 0 Å². The first-order valence-corrected chi connectivity index (χ1v) is 13.5. The van der Waals surface area contributed by atoms with Crippen LogP contribution in [0.5, 0.6) is 0 Å². The standard InChI is InChI=1S/C38H24/c1-2-10-24(11-3-1)25-18-19-26-23-32-27(31(26)22-25)20-21-36-37(32)30-14-6-9-17-35(30)38(36)33-15-7-4-12-28(33)29-13-5-8-16-34(29)38/h1-22H,23H2. The maximum absolute atomic E-state index is 2.44. The fourth-order valence-electron chi connectivity index (χ4n) is 7.67. The van der Waals surface area contributed by atoms with E-state index in [0.717, 1.165) is 6.42 Å². The van der Waals surface area contributed by atoms with Crippen LogP contribution in [0, 0.1) is 0 Å². The summed E-state index contributed by atoms with van der Waals surface area (Å²) in [5, 5.41) is 0. The van der Waals surface area contributed by atoms with Gasteiger partial charge in [-0.25, -0.2) is 0 Å². The summed E-state index contributed by atoms with van der Waals surface area (Å²) in [6, 6.07) is 49.9. The molecule has 1 spiro atoms. The summed E-state index contributed by atoms with van der Waals surface area (Å²) in [4.78, 5) is 0. The van der Waals surface area contributed by atoms with Crippen LogP contribution in [0.2, 0.25) is 0 Å². The molecule has 176 valence electrons. The van der Waals surface area contributed by atoms with E-state index in [1.54, 1.807) is 0 Å². The molecule has 38 heavy (non-hydrogen) atoms. The molecular formula is C38H24. The number of rotatable bonds is 1. The summed E-state index contributed by atoms with van der Waals surface area (Å²) < 4.78 is 0. The minimum atomic E-state index is -0.266. The van der Waals surface area contributed by atoms with Crippen molar-refractivity contribution in [3.05, 3.63) is 167 Å². The molecule has 0 heterocycles. The van der Waals surface area contributed by atoms with Crippen LogP contribution in [-0.2, 0) is 11.8 Å². The summed E-state index contributed by atoms with van der Waals surface area (Å²) in [5.74, 6) is 0. The van der Waals surface area contributed by atoms with E-state index >= 15 is 0 Å². The molecule has 0 N–H and O–H groups in total. The average Bonchev–Trinajstić information content (AvgIpc) is 3.61. The fraction of sp³-hybridized carbons (Fsp3) is 0.0526. The van der Waals surface area contributed by atoms with Crippen molar-refractivity contribution in [2.45, 2.75) is 11.8 Å². The molecule has 6 aromatic rings. The van der Waals surface area contributed by atoms with Crippen LogP contribution in [0.1, 0.15) is 33.4 Å². The topological polar surface area (TPSA) is 0 Å². The molecule has 0 aliphatic heterocycles. The summed E-state index contributed by atoms with van der Waals surface area (Å²) in [6.45, 7) is 0. The van der Waals surface area contributed by atoms with Crippen LogP contribution in [0.3, 0.4) is 0 Å². The third kappa shape index (κ3) is 2.37. The Balaban J connectivity index is 1.35. The Morgan fingerprint density at radius 2 is 1.00 bits per heavy atom. The van der Waals surface area contributed by atoms with Gasteiger partial charge in [-0.3, -0.25) is 0 Å². The molecule has 0 atom stereocenters. The second-order valence-electron chi connectivity index (χ2n) is 10.8. The van der Waals surface area contributed by atoms with Crippen molar-refractivity contribution >= 4 is 0 Å². The molecule has 0 radical (unpaired) electrons. The van der Waals surface area contributed by atoms with Crippen LogP contribution in [0.25, 0.3) is 44.5 Å². The van der Waals surface area contributed by atoms with Gasteiger partial charge in [-0.15, -0.1) is 0 Å². The van der Waals surface area contributed by atoms with Crippen LogP contribution < -0.4 is 0 Å². The highest BCUT2D eigenvalue weighted by Gasteiger charge is 2.52. The Morgan fingerprint density at radius 1 is 0.395 bits per heavy atom. The van der Waals surface area contributed by atoms with Gasteiger partial charge in [0.1, 0.15) is 0 Å².